The fourth-order valence-corrected chi connectivity index (χ4v) is 2.01. The normalized spacial score (nSPS) is 14.7. The fourth-order valence-electron chi connectivity index (χ4n) is 2.01. The van der Waals surface area contributed by atoms with Gasteiger partial charge in [-0.25, -0.2) is 0 Å². The Morgan fingerprint density at radius 2 is 1.85 bits per heavy atom. The minimum atomic E-state index is -4.38. The first-order valence-electron chi connectivity index (χ1n) is 6.27. The van der Waals surface area contributed by atoms with Gasteiger partial charge in [-0.15, -0.1) is 0 Å². The number of carbonyl (C=O) groups excluding carboxylic acids is 1. The van der Waals surface area contributed by atoms with E-state index < -0.39 is 24.2 Å². The van der Waals surface area contributed by atoms with Gasteiger partial charge in [0.1, 0.15) is 5.54 Å². The van der Waals surface area contributed by atoms with E-state index in [1.165, 1.54) is 7.11 Å². The molecule has 20 heavy (non-hydrogen) atoms. The van der Waals surface area contributed by atoms with Crippen LogP contribution < -0.4 is 5.32 Å². The minimum absolute atomic E-state index is 0.146. The third-order valence-corrected chi connectivity index (χ3v) is 3.16. The number of benzene rings is 1. The smallest absolute Gasteiger partial charge is 0.401 e. The maximum absolute atomic E-state index is 12.4. The minimum Gasteiger partial charge on any atom is -0.468 e. The summed E-state index contributed by atoms with van der Waals surface area (Å²) in [7, 11) is 1.17. The van der Waals surface area contributed by atoms with Crippen LogP contribution in [0.4, 0.5) is 13.2 Å². The SMILES string of the molecule is CCC(Cc1ccccc1)(NCC(F)(F)F)C(=O)OC. The van der Waals surface area contributed by atoms with Gasteiger partial charge in [0.2, 0.25) is 0 Å². The number of alkyl halides is 3. The third-order valence-electron chi connectivity index (χ3n) is 3.16. The molecule has 0 saturated carbocycles. The second-order valence-corrected chi connectivity index (χ2v) is 4.56. The van der Waals surface area contributed by atoms with Crippen LogP contribution >= 0.6 is 0 Å². The molecule has 0 spiro atoms. The number of hydrogen-bond acceptors (Lipinski definition) is 3. The van der Waals surface area contributed by atoms with Crippen molar-refractivity contribution in [3.05, 3.63) is 35.9 Å². The first kappa shape index (κ1) is 16.5. The highest BCUT2D eigenvalue weighted by atomic mass is 19.4. The van der Waals surface area contributed by atoms with Crippen LogP contribution in [-0.4, -0.2) is 31.3 Å². The zero-order chi connectivity index (χ0) is 15.2. The van der Waals surface area contributed by atoms with Crippen molar-refractivity contribution in [2.45, 2.75) is 31.5 Å². The molecular weight excluding hydrogens is 271 g/mol. The van der Waals surface area contributed by atoms with Crippen LogP contribution in [0.25, 0.3) is 0 Å². The lowest BCUT2D eigenvalue weighted by Crippen LogP contribution is -2.56. The molecule has 1 rings (SSSR count). The van der Waals surface area contributed by atoms with E-state index in [1.807, 2.05) is 0 Å². The van der Waals surface area contributed by atoms with Crippen molar-refractivity contribution in [1.29, 1.82) is 0 Å². The summed E-state index contributed by atoms with van der Waals surface area (Å²) < 4.78 is 41.9. The van der Waals surface area contributed by atoms with Crippen LogP contribution in [0.3, 0.4) is 0 Å². The van der Waals surface area contributed by atoms with Crippen LogP contribution in [0.15, 0.2) is 30.3 Å². The third kappa shape index (κ3) is 4.52. The Morgan fingerprint density at radius 3 is 2.30 bits per heavy atom. The molecule has 0 aliphatic carbocycles. The zero-order valence-corrected chi connectivity index (χ0v) is 11.5. The summed E-state index contributed by atoms with van der Waals surface area (Å²) in [6, 6.07) is 8.89. The van der Waals surface area contributed by atoms with Crippen LogP contribution in [0, 0.1) is 0 Å². The Kier molecular flexibility index (Phi) is 5.56. The van der Waals surface area contributed by atoms with Gasteiger partial charge < -0.3 is 4.74 Å². The molecule has 3 nitrogen and oxygen atoms in total. The molecule has 0 bridgehead atoms. The lowest BCUT2D eigenvalue weighted by molar-refractivity contribution is -0.153. The molecule has 112 valence electrons. The maximum Gasteiger partial charge on any atom is 0.401 e. The second kappa shape index (κ2) is 6.74. The topological polar surface area (TPSA) is 38.3 Å². The number of rotatable bonds is 6. The monoisotopic (exact) mass is 289 g/mol. The van der Waals surface area contributed by atoms with Crippen LogP contribution in [0.1, 0.15) is 18.9 Å². The predicted octanol–water partition coefficient (Wildman–Crippen LogP) is 2.70. The van der Waals surface area contributed by atoms with Gasteiger partial charge in [-0.3, -0.25) is 10.1 Å². The zero-order valence-electron chi connectivity index (χ0n) is 11.5. The largest absolute Gasteiger partial charge is 0.468 e. The fraction of sp³-hybridized carbons (Fsp3) is 0.500. The summed E-state index contributed by atoms with van der Waals surface area (Å²) in [4.78, 5) is 11.9. The average Bonchev–Trinajstić information content (AvgIpc) is 2.43. The van der Waals surface area contributed by atoms with E-state index in [0.717, 1.165) is 5.56 Å². The summed E-state index contributed by atoms with van der Waals surface area (Å²) in [6.07, 6.45) is -4.04. The van der Waals surface area contributed by atoms with E-state index >= 15 is 0 Å². The van der Waals surface area contributed by atoms with Crippen molar-refractivity contribution in [3.63, 3.8) is 0 Å². The van der Waals surface area contributed by atoms with Crippen molar-refractivity contribution in [1.82, 2.24) is 5.32 Å². The maximum atomic E-state index is 12.4. The molecular formula is C14H18F3NO2. The highest BCUT2D eigenvalue weighted by Gasteiger charge is 2.41. The number of nitrogens with one attached hydrogen (secondary N) is 1. The lowest BCUT2D eigenvalue weighted by atomic mass is 9.88. The van der Waals surface area contributed by atoms with Gasteiger partial charge in [0.25, 0.3) is 0 Å². The number of hydrogen-bond donors (Lipinski definition) is 1. The molecule has 0 amide bonds. The molecule has 6 heteroatoms. The van der Waals surface area contributed by atoms with Crippen molar-refractivity contribution in [2.24, 2.45) is 0 Å². The average molecular weight is 289 g/mol. The number of carbonyl (C=O) groups is 1. The Hall–Kier alpha value is -1.56. The second-order valence-electron chi connectivity index (χ2n) is 4.56. The summed E-state index contributed by atoms with van der Waals surface area (Å²) in [5, 5.41) is 2.32. The van der Waals surface area contributed by atoms with E-state index in [1.54, 1.807) is 37.3 Å². The number of esters is 1. The van der Waals surface area contributed by atoms with E-state index in [0.29, 0.717) is 0 Å². The van der Waals surface area contributed by atoms with Crippen molar-refractivity contribution in [2.75, 3.05) is 13.7 Å². The molecule has 0 fully saturated rings. The molecule has 0 heterocycles. The molecule has 0 aliphatic rings. The Morgan fingerprint density at radius 1 is 1.25 bits per heavy atom. The molecule has 1 unspecified atom stereocenters. The Labute approximate surface area is 116 Å². The Balaban J connectivity index is 2.96. The van der Waals surface area contributed by atoms with E-state index in [9.17, 15) is 18.0 Å². The van der Waals surface area contributed by atoms with Crippen molar-refractivity contribution in [3.8, 4) is 0 Å². The first-order valence-corrected chi connectivity index (χ1v) is 6.27. The van der Waals surface area contributed by atoms with Crippen molar-refractivity contribution >= 4 is 5.97 Å². The van der Waals surface area contributed by atoms with Gasteiger partial charge in [-0.1, -0.05) is 37.3 Å². The van der Waals surface area contributed by atoms with Gasteiger partial charge in [0.15, 0.2) is 0 Å². The molecule has 1 atom stereocenters. The van der Waals surface area contributed by atoms with Crippen LogP contribution in [0.5, 0.6) is 0 Å². The van der Waals surface area contributed by atoms with Crippen molar-refractivity contribution < 1.29 is 22.7 Å². The van der Waals surface area contributed by atoms with Gasteiger partial charge >= 0.3 is 12.1 Å². The molecule has 0 aromatic heterocycles. The van der Waals surface area contributed by atoms with Crippen LogP contribution in [-0.2, 0) is 16.0 Å². The molecule has 1 aromatic carbocycles. The summed E-state index contributed by atoms with van der Waals surface area (Å²) >= 11 is 0. The van der Waals surface area contributed by atoms with Gasteiger partial charge in [-0.2, -0.15) is 13.2 Å². The van der Waals surface area contributed by atoms with E-state index in [2.05, 4.69) is 10.1 Å². The first-order chi connectivity index (χ1) is 9.33. The number of methoxy groups -OCH3 is 1. The lowest BCUT2D eigenvalue weighted by Gasteiger charge is -2.31. The van der Waals surface area contributed by atoms with E-state index in [4.69, 9.17) is 0 Å². The van der Waals surface area contributed by atoms with Gasteiger partial charge in [0, 0.05) is 6.42 Å². The standard InChI is InChI=1S/C14H18F3NO2/c1-3-13(12(19)20-2,18-10-14(15,16)17)9-11-7-5-4-6-8-11/h4-8,18H,3,9-10H2,1-2H3. The molecule has 0 saturated heterocycles. The molecule has 0 aliphatic heterocycles. The van der Waals surface area contributed by atoms with Gasteiger partial charge in [0.05, 0.1) is 13.7 Å². The molecule has 1 N–H and O–H groups in total. The molecule has 1 aromatic rings. The Bertz CT molecular complexity index is 434. The quantitative estimate of drug-likeness (QED) is 0.818. The number of ether oxygens (including phenoxy) is 1. The highest BCUT2D eigenvalue weighted by Crippen LogP contribution is 2.22. The summed E-state index contributed by atoms with van der Waals surface area (Å²) in [6.45, 7) is 0.423. The summed E-state index contributed by atoms with van der Waals surface area (Å²) in [5.74, 6) is -0.687. The number of halogens is 3. The van der Waals surface area contributed by atoms with Crippen LogP contribution in [0.2, 0.25) is 0 Å². The summed E-state index contributed by atoms with van der Waals surface area (Å²) in [5.41, 5.74) is -0.597. The van der Waals surface area contributed by atoms with Gasteiger partial charge in [-0.05, 0) is 12.0 Å². The van der Waals surface area contributed by atoms with E-state index in [-0.39, 0.29) is 12.8 Å². The highest BCUT2D eigenvalue weighted by molar-refractivity contribution is 5.81. The molecule has 0 radical (unpaired) electrons. The predicted molar refractivity (Wildman–Crippen MR) is 69.2 cm³/mol.